The lowest BCUT2D eigenvalue weighted by Crippen LogP contribution is -2.24. The first-order chi connectivity index (χ1) is 8.19. The van der Waals surface area contributed by atoms with Gasteiger partial charge in [-0.3, -0.25) is 0 Å². The van der Waals surface area contributed by atoms with Gasteiger partial charge < -0.3 is 15.2 Å². The molecule has 0 aliphatic carbocycles. The van der Waals surface area contributed by atoms with Gasteiger partial charge in [-0.15, -0.1) is 0 Å². The molecule has 0 saturated heterocycles. The fraction of sp³-hybridized carbons (Fsp3) is 0.538. The van der Waals surface area contributed by atoms with E-state index in [0.717, 1.165) is 10.0 Å². The van der Waals surface area contributed by atoms with Crippen LogP contribution in [-0.4, -0.2) is 25.9 Å². The SMILES string of the molecule is CCOCC(C)OC(CN)c1ccccc1Br. The molecule has 1 aromatic carbocycles. The third kappa shape index (κ3) is 4.76. The monoisotopic (exact) mass is 301 g/mol. The lowest BCUT2D eigenvalue weighted by molar-refractivity contribution is -0.0443. The van der Waals surface area contributed by atoms with Crippen molar-refractivity contribution in [3.05, 3.63) is 34.3 Å². The van der Waals surface area contributed by atoms with E-state index in [1.54, 1.807) is 0 Å². The van der Waals surface area contributed by atoms with Crippen LogP contribution >= 0.6 is 15.9 Å². The molecule has 0 aliphatic rings. The van der Waals surface area contributed by atoms with Crippen LogP contribution in [0.15, 0.2) is 28.7 Å². The lowest BCUT2D eigenvalue weighted by atomic mass is 10.1. The fourth-order valence-electron chi connectivity index (χ4n) is 1.60. The maximum absolute atomic E-state index is 5.89. The van der Waals surface area contributed by atoms with E-state index in [1.807, 2.05) is 38.1 Å². The number of benzene rings is 1. The molecule has 0 bridgehead atoms. The minimum Gasteiger partial charge on any atom is -0.379 e. The predicted molar refractivity (Wildman–Crippen MR) is 73.0 cm³/mol. The van der Waals surface area contributed by atoms with Gasteiger partial charge in [0.1, 0.15) is 0 Å². The summed E-state index contributed by atoms with van der Waals surface area (Å²) >= 11 is 3.51. The molecule has 0 aromatic heterocycles. The molecular formula is C13H20BrNO2. The molecule has 0 spiro atoms. The summed E-state index contributed by atoms with van der Waals surface area (Å²) in [7, 11) is 0. The average molecular weight is 302 g/mol. The Morgan fingerprint density at radius 1 is 1.35 bits per heavy atom. The van der Waals surface area contributed by atoms with E-state index >= 15 is 0 Å². The maximum atomic E-state index is 5.89. The van der Waals surface area contributed by atoms with Crippen molar-refractivity contribution in [2.45, 2.75) is 26.1 Å². The van der Waals surface area contributed by atoms with E-state index in [9.17, 15) is 0 Å². The number of ether oxygens (including phenoxy) is 2. The molecule has 0 saturated carbocycles. The van der Waals surface area contributed by atoms with E-state index in [0.29, 0.717) is 19.8 Å². The van der Waals surface area contributed by atoms with Gasteiger partial charge in [0.15, 0.2) is 0 Å². The van der Waals surface area contributed by atoms with Crippen LogP contribution in [0.4, 0.5) is 0 Å². The summed E-state index contributed by atoms with van der Waals surface area (Å²) in [5, 5.41) is 0. The van der Waals surface area contributed by atoms with Crippen LogP contribution in [-0.2, 0) is 9.47 Å². The van der Waals surface area contributed by atoms with Crippen molar-refractivity contribution in [1.82, 2.24) is 0 Å². The minimum atomic E-state index is -0.0963. The number of hydrogen-bond acceptors (Lipinski definition) is 3. The Hall–Kier alpha value is -0.420. The molecule has 4 heteroatoms. The van der Waals surface area contributed by atoms with Crippen LogP contribution in [0.3, 0.4) is 0 Å². The topological polar surface area (TPSA) is 44.5 Å². The highest BCUT2D eigenvalue weighted by Gasteiger charge is 2.16. The molecule has 2 unspecified atom stereocenters. The van der Waals surface area contributed by atoms with Gasteiger partial charge in [-0.2, -0.15) is 0 Å². The second-order valence-electron chi connectivity index (χ2n) is 3.85. The van der Waals surface area contributed by atoms with E-state index in [1.165, 1.54) is 0 Å². The Balaban J connectivity index is 2.62. The van der Waals surface area contributed by atoms with Gasteiger partial charge >= 0.3 is 0 Å². The molecule has 96 valence electrons. The summed E-state index contributed by atoms with van der Waals surface area (Å²) in [6.45, 7) is 5.72. The van der Waals surface area contributed by atoms with Gasteiger partial charge in [0, 0.05) is 17.6 Å². The molecule has 0 radical (unpaired) electrons. The van der Waals surface area contributed by atoms with Crippen molar-refractivity contribution >= 4 is 15.9 Å². The Bertz CT molecular complexity index is 333. The van der Waals surface area contributed by atoms with Gasteiger partial charge in [0.25, 0.3) is 0 Å². The average Bonchev–Trinajstić information content (AvgIpc) is 2.34. The van der Waals surface area contributed by atoms with Crippen molar-refractivity contribution < 1.29 is 9.47 Å². The molecule has 1 rings (SSSR count). The highest BCUT2D eigenvalue weighted by atomic mass is 79.9. The second kappa shape index (κ2) is 7.82. The van der Waals surface area contributed by atoms with Crippen molar-refractivity contribution in [1.29, 1.82) is 0 Å². The summed E-state index contributed by atoms with van der Waals surface area (Å²) in [5.74, 6) is 0. The minimum absolute atomic E-state index is 0.0376. The summed E-state index contributed by atoms with van der Waals surface area (Å²) < 4.78 is 12.2. The van der Waals surface area contributed by atoms with Crippen LogP contribution < -0.4 is 5.73 Å². The van der Waals surface area contributed by atoms with Gasteiger partial charge in [0.2, 0.25) is 0 Å². The fourth-order valence-corrected chi connectivity index (χ4v) is 2.14. The molecule has 0 fully saturated rings. The summed E-state index contributed by atoms with van der Waals surface area (Å²) in [4.78, 5) is 0. The molecule has 0 amide bonds. The first kappa shape index (κ1) is 14.6. The zero-order chi connectivity index (χ0) is 12.7. The highest BCUT2D eigenvalue weighted by Crippen LogP contribution is 2.26. The van der Waals surface area contributed by atoms with E-state index in [4.69, 9.17) is 15.2 Å². The zero-order valence-electron chi connectivity index (χ0n) is 10.4. The lowest BCUT2D eigenvalue weighted by Gasteiger charge is -2.22. The Morgan fingerprint density at radius 2 is 2.06 bits per heavy atom. The smallest absolute Gasteiger partial charge is 0.0962 e. The third-order valence-electron chi connectivity index (χ3n) is 2.42. The quantitative estimate of drug-likeness (QED) is 0.842. The molecule has 2 N–H and O–H groups in total. The van der Waals surface area contributed by atoms with E-state index < -0.39 is 0 Å². The van der Waals surface area contributed by atoms with Crippen LogP contribution in [0.25, 0.3) is 0 Å². The van der Waals surface area contributed by atoms with Gasteiger partial charge in [-0.1, -0.05) is 34.1 Å². The normalized spacial score (nSPS) is 14.6. The van der Waals surface area contributed by atoms with E-state index in [-0.39, 0.29) is 12.2 Å². The van der Waals surface area contributed by atoms with E-state index in [2.05, 4.69) is 15.9 Å². The van der Waals surface area contributed by atoms with Crippen molar-refractivity contribution in [3.8, 4) is 0 Å². The summed E-state index contributed by atoms with van der Waals surface area (Å²) in [6.07, 6.45) is -0.0587. The molecule has 2 atom stereocenters. The van der Waals surface area contributed by atoms with Crippen LogP contribution in [0, 0.1) is 0 Å². The highest BCUT2D eigenvalue weighted by molar-refractivity contribution is 9.10. The predicted octanol–water partition coefficient (Wildman–Crippen LogP) is 2.89. The molecule has 3 nitrogen and oxygen atoms in total. The van der Waals surface area contributed by atoms with Crippen LogP contribution in [0.1, 0.15) is 25.5 Å². The van der Waals surface area contributed by atoms with Crippen molar-refractivity contribution in [3.63, 3.8) is 0 Å². The summed E-state index contributed by atoms with van der Waals surface area (Å²) in [5.41, 5.74) is 6.85. The maximum Gasteiger partial charge on any atom is 0.0962 e. The van der Waals surface area contributed by atoms with Crippen molar-refractivity contribution in [2.75, 3.05) is 19.8 Å². The molecule has 0 aliphatic heterocycles. The number of nitrogens with two attached hydrogens (primary N) is 1. The zero-order valence-corrected chi connectivity index (χ0v) is 11.9. The van der Waals surface area contributed by atoms with Crippen molar-refractivity contribution in [2.24, 2.45) is 5.73 Å². The molecule has 0 heterocycles. The van der Waals surface area contributed by atoms with Crippen LogP contribution in [0.5, 0.6) is 0 Å². The summed E-state index contributed by atoms with van der Waals surface area (Å²) in [6, 6.07) is 7.98. The Labute approximate surface area is 111 Å². The second-order valence-corrected chi connectivity index (χ2v) is 4.71. The largest absolute Gasteiger partial charge is 0.379 e. The Morgan fingerprint density at radius 3 is 2.65 bits per heavy atom. The third-order valence-corrected chi connectivity index (χ3v) is 3.14. The number of hydrogen-bond donors (Lipinski definition) is 1. The van der Waals surface area contributed by atoms with Gasteiger partial charge in [0.05, 0.1) is 18.8 Å². The molecule has 1 aromatic rings. The Kier molecular flexibility index (Phi) is 6.73. The van der Waals surface area contributed by atoms with Gasteiger partial charge in [-0.25, -0.2) is 0 Å². The first-order valence-electron chi connectivity index (χ1n) is 5.86. The standard InChI is InChI=1S/C13H20BrNO2/c1-3-16-9-10(2)17-13(8-15)11-6-4-5-7-12(11)14/h4-7,10,13H,3,8-9,15H2,1-2H3. The molecule has 17 heavy (non-hydrogen) atoms. The first-order valence-corrected chi connectivity index (χ1v) is 6.66. The number of halogens is 1. The van der Waals surface area contributed by atoms with Gasteiger partial charge in [-0.05, 0) is 25.5 Å². The number of rotatable bonds is 7. The molecular weight excluding hydrogens is 282 g/mol. The van der Waals surface area contributed by atoms with Crippen LogP contribution in [0.2, 0.25) is 0 Å².